The van der Waals surface area contributed by atoms with E-state index in [9.17, 15) is 0 Å². The third kappa shape index (κ3) is 4.22. The van der Waals surface area contributed by atoms with Gasteiger partial charge in [-0.25, -0.2) is 0 Å². The van der Waals surface area contributed by atoms with Crippen molar-refractivity contribution >= 4 is 27.5 Å². The van der Waals surface area contributed by atoms with Crippen LogP contribution in [0.4, 0.5) is 0 Å². The Morgan fingerprint density at radius 2 is 1.95 bits per heavy atom. The highest BCUT2D eigenvalue weighted by atomic mass is 79.9. The number of hydrogen-bond acceptors (Lipinski definition) is 2. The molecular weight excluding hydrogens is 350 g/mol. The summed E-state index contributed by atoms with van der Waals surface area (Å²) in [7, 11) is 0. The molecule has 0 spiro atoms. The van der Waals surface area contributed by atoms with Crippen LogP contribution in [-0.4, -0.2) is 6.54 Å². The minimum Gasteiger partial charge on any atom is -0.457 e. The number of nitrogens with one attached hydrogen (secondary N) is 1. The maximum atomic E-state index is 6.11. The highest BCUT2D eigenvalue weighted by Gasteiger charge is 2.13. The molecule has 0 saturated heterocycles. The predicted molar refractivity (Wildman–Crippen MR) is 92.5 cm³/mol. The summed E-state index contributed by atoms with van der Waals surface area (Å²) >= 11 is 9.57. The van der Waals surface area contributed by atoms with Crippen molar-refractivity contribution < 1.29 is 4.74 Å². The van der Waals surface area contributed by atoms with Crippen molar-refractivity contribution in [2.75, 3.05) is 6.54 Å². The fourth-order valence-corrected chi connectivity index (χ4v) is 2.67. The van der Waals surface area contributed by atoms with Gasteiger partial charge in [-0.1, -0.05) is 46.6 Å². The van der Waals surface area contributed by atoms with Gasteiger partial charge in [0.25, 0.3) is 0 Å². The summed E-state index contributed by atoms with van der Waals surface area (Å²) in [5.41, 5.74) is 2.18. The van der Waals surface area contributed by atoms with Gasteiger partial charge in [0, 0.05) is 21.1 Å². The largest absolute Gasteiger partial charge is 0.457 e. The maximum absolute atomic E-state index is 6.11. The number of aryl methyl sites for hydroxylation is 1. The van der Waals surface area contributed by atoms with Crippen LogP contribution in [0.25, 0.3) is 0 Å². The first-order valence-electron chi connectivity index (χ1n) is 6.98. The lowest BCUT2D eigenvalue weighted by atomic mass is 10.1. The van der Waals surface area contributed by atoms with Crippen LogP contribution in [0, 0.1) is 6.92 Å². The Balaban J connectivity index is 2.38. The van der Waals surface area contributed by atoms with Crippen LogP contribution < -0.4 is 10.1 Å². The van der Waals surface area contributed by atoms with Crippen molar-refractivity contribution in [1.29, 1.82) is 0 Å². The minimum atomic E-state index is 0.220. The Labute approximate surface area is 139 Å². The molecule has 4 heteroatoms. The second-order valence-corrected chi connectivity index (χ2v) is 6.33. The Morgan fingerprint density at radius 3 is 2.67 bits per heavy atom. The number of halogens is 2. The lowest BCUT2D eigenvalue weighted by Gasteiger charge is -2.18. The molecule has 0 saturated carbocycles. The lowest BCUT2D eigenvalue weighted by molar-refractivity contribution is 0.459. The van der Waals surface area contributed by atoms with Crippen molar-refractivity contribution in [2.24, 2.45) is 0 Å². The molecule has 0 aliphatic carbocycles. The van der Waals surface area contributed by atoms with Gasteiger partial charge < -0.3 is 10.1 Å². The van der Waals surface area contributed by atoms with Gasteiger partial charge in [-0.3, -0.25) is 0 Å². The van der Waals surface area contributed by atoms with E-state index >= 15 is 0 Å². The second-order valence-electron chi connectivity index (χ2n) is 4.97. The molecule has 0 bridgehead atoms. The highest BCUT2D eigenvalue weighted by Crippen LogP contribution is 2.34. The monoisotopic (exact) mass is 367 g/mol. The van der Waals surface area contributed by atoms with Crippen molar-refractivity contribution in [2.45, 2.75) is 26.8 Å². The van der Waals surface area contributed by atoms with Crippen LogP contribution in [0.2, 0.25) is 5.02 Å². The first-order valence-corrected chi connectivity index (χ1v) is 8.15. The normalized spacial score (nSPS) is 12.2. The predicted octanol–water partition coefficient (Wildman–Crippen LogP) is 5.87. The van der Waals surface area contributed by atoms with E-state index in [2.05, 4.69) is 41.2 Å². The van der Waals surface area contributed by atoms with Crippen molar-refractivity contribution in [3.8, 4) is 11.5 Å². The summed E-state index contributed by atoms with van der Waals surface area (Å²) in [4.78, 5) is 0. The summed E-state index contributed by atoms with van der Waals surface area (Å²) in [5, 5.41) is 4.09. The standard InChI is InChI=1S/C17H19BrClNO/c1-4-20-12(3)15-8-6-13(18)9-17(15)21-16-10-14(19)7-5-11(16)2/h5-10,12,20H,4H2,1-3H3. The van der Waals surface area contributed by atoms with Gasteiger partial charge in [-0.15, -0.1) is 0 Å². The fourth-order valence-electron chi connectivity index (χ4n) is 2.17. The average Bonchev–Trinajstić information content (AvgIpc) is 2.43. The van der Waals surface area contributed by atoms with E-state index < -0.39 is 0 Å². The molecule has 21 heavy (non-hydrogen) atoms. The van der Waals surface area contributed by atoms with Crippen molar-refractivity contribution in [1.82, 2.24) is 5.32 Å². The highest BCUT2D eigenvalue weighted by molar-refractivity contribution is 9.10. The SMILES string of the molecule is CCNC(C)c1ccc(Br)cc1Oc1cc(Cl)ccc1C. The molecule has 0 radical (unpaired) electrons. The summed E-state index contributed by atoms with van der Waals surface area (Å²) in [6.07, 6.45) is 0. The lowest BCUT2D eigenvalue weighted by Crippen LogP contribution is -2.18. The maximum Gasteiger partial charge on any atom is 0.133 e. The third-order valence-electron chi connectivity index (χ3n) is 3.32. The third-order valence-corrected chi connectivity index (χ3v) is 4.05. The van der Waals surface area contributed by atoms with E-state index in [1.54, 1.807) is 0 Å². The van der Waals surface area contributed by atoms with Crippen LogP contribution in [0.15, 0.2) is 40.9 Å². The fraction of sp³-hybridized carbons (Fsp3) is 0.294. The smallest absolute Gasteiger partial charge is 0.133 e. The quantitative estimate of drug-likeness (QED) is 0.712. The molecular formula is C17H19BrClNO. The molecule has 0 aliphatic rings. The van der Waals surface area contributed by atoms with Gasteiger partial charge in [0.2, 0.25) is 0 Å². The first-order chi connectivity index (χ1) is 10.0. The molecule has 0 heterocycles. The average molecular weight is 369 g/mol. The first kappa shape index (κ1) is 16.3. The molecule has 0 aromatic heterocycles. The molecule has 2 nitrogen and oxygen atoms in total. The molecule has 2 rings (SSSR count). The van der Waals surface area contributed by atoms with E-state index in [1.807, 2.05) is 37.3 Å². The molecule has 2 aromatic carbocycles. The van der Waals surface area contributed by atoms with Crippen molar-refractivity contribution in [3.05, 3.63) is 57.0 Å². The van der Waals surface area contributed by atoms with Gasteiger partial charge in [-0.2, -0.15) is 0 Å². The molecule has 0 fully saturated rings. The van der Waals surface area contributed by atoms with E-state index in [0.29, 0.717) is 5.02 Å². The zero-order valence-corrected chi connectivity index (χ0v) is 14.8. The molecule has 1 unspecified atom stereocenters. The number of hydrogen-bond donors (Lipinski definition) is 1. The van der Waals surface area contributed by atoms with Crippen molar-refractivity contribution in [3.63, 3.8) is 0 Å². The van der Waals surface area contributed by atoms with Gasteiger partial charge in [0.1, 0.15) is 11.5 Å². The van der Waals surface area contributed by atoms with Crippen LogP contribution in [0.1, 0.15) is 31.0 Å². The van der Waals surface area contributed by atoms with Gasteiger partial charge in [0.05, 0.1) is 0 Å². The zero-order valence-electron chi connectivity index (χ0n) is 12.4. The Bertz CT molecular complexity index is 630. The minimum absolute atomic E-state index is 0.220. The number of ether oxygens (including phenoxy) is 1. The molecule has 1 atom stereocenters. The Hall–Kier alpha value is -1.03. The van der Waals surface area contributed by atoms with Gasteiger partial charge in [-0.05, 0) is 50.2 Å². The summed E-state index contributed by atoms with van der Waals surface area (Å²) in [6, 6.07) is 12.0. The molecule has 1 N–H and O–H groups in total. The number of benzene rings is 2. The van der Waals surface area contributed by atoms with E-state index in [-0.39, 0.29) is 6.04 Å². The second kappa shape index (κ2) is 7.30. The van der Waals surface area contributed by atoms with Crippen LogP contribution in [0.5, 0.6) is 11.5 Å². The van der Waals surface area contributed by atoms with Crippen LogP contribution in [-0.2, 0) is 0 Å². The van der Waals surface area contributed by atoms with Crippen LogP contribution >= 0.6 is 27.5 Å². The Kier molecular flexibility index (Phi) is 5.68. The topological polar surface area (TPSA) is 21.3 Å². The van der Waals surface area contributed by atoms with E-state index in [1.165, 1.54) is 0 Å². The Morgan fingerprint density at radius 1 is 1.19 bits per heavy atom. The van der Waals surface area contributed by atoms with Gasteiger partial charge in [0.15, 0.2) is 0 Å². The molecule has 0 aliphatic heterocycles. The van der Waals surface area contributed by atoms with E-state index in [0.717, 1.165) is 33.6 Å². The molecule has 2 aromatic rings. The summed E-state index contributed by atoms with van der Waals surface area (Å²) in [5.74, 6) is 1.62. The summed E-state index contributed by atoms with van der Waals surface area (Å²) in [6.45, 7) is 7.14. The zero-order chi connectivity index (χ0) is 15.4. The number of rotatable bonds is 5. The van der Waals surface area contributed by atoms with Crippen LogP contribution in [0.3, 0.4) is 0 Å². The van der Waals surface area contributed by atoms with Gasteiger partial charge >= 0.3 is 0 Å². The molecule has 0 amide bonds. The summed E-state index contributed by atoms with van der Waals surface area (Å²) < 4.78 is 7.11. The molecule has 112 valence electrons. The van der Waals surface area contributed by atoms with E-state index in [4.69, 9.17) is 16.3 Å².